The molecule has 1 aromatic carbocycles. The average Bonchev–Trinajstić information content (AvgIpc) is 3.10. The highest BCUT2D eigenvalue weighted by atomic mass is 16.5. The van der Waals surface area contributed by atoms with Gasteiger partial charge in [0.15, 0.2) is 5.65 Å². The number of hydrogen-bond donors (Lipinski definition) is 1. The highest BCUT2D eigenvalue weighted by molar-refractivity contribution is 5.86. The number of para-hydroxylation sites is 1. The van der Waals surface area contributed by atoms with Gasteiger partial charge in [0, 0.05) is 19.0 Å². The van der Waals surface area contributed by atoms with E-state index < -0.39 is 0 Å². The Morgan fingerprint density at radius 2 is 2.13 bits per heavy atom. The summed E-state index contributed by atoms with van der Waals surface area (Å²) in [4.78, 5) is 11.0. The van der Waals surface area contributed by atoms with Crippen LogP contribution in [0.1, 0.15) is 12.8 Å². The zero-order chi connectivity index (χ0) is 15.5. The molecule has 3 aromatic rings. The van der Waals surface area contributed by atoms with E-state index in [2.05, 4.69) is 25.1 Å². The molecular weight excluding hydrogens is 290 g/mol. The van der Waals surface area contributed by atoms with E-state index in [4.69, 9.17) is 4.74 Å². The van der Waals surface area contributed by atoms with Crippen LogP contribution in [-0.2, 0) is 0 Å². The molecule has 0 aliphatic carbocycles. The quantitative estimate of drug-likeness (QED) is 0.802. The number of rotatable bonds is 4. The Hall–Kier alpha value is -2.63. The van der Waals surface area contributed by atoms with E-state index in [1.807, 2.05) is 30.3 Å². The standard InChI is InChI=1S/C17H19N5O/c1-2-6-14(7-3-1)23-11-13-5-4-8-22(10-13)17-15-9-20-21-16(15)18-12-19-17/h1-3,6-7,9,12-13H,4-5,8,10-11H2,(H,18,19,20,21). The number of fused-ring (bicyclic) bond motifs is 1. The maximum Gasteiger partial charge on any atom is 0.160 e. The third kappa shape index (κ3) is 2.97. The molecule has 0 radical (unpaired) electrons. The minimum Gasteiger partial charge on any atom is -0.493 e. The van der Waals surface area contributed by atoms with Crippen LogP contribution in [0.25, 0.3) is 11.0 Å². The Kier molecular flexibility index (Phi) is 3.80. The topological polar surface area (TPSA) is 66.9 Å². The van der Waals surface area contributed by atoms with Gasteiger partial charge < -0.3 is 9.64 Å². The lowest BCUT2D eigenvalue weighted by atomic mass is 9.99. The summed E-state index contributed by atoms with van der Waals surface area (Å²) in [6.07, 6.45) is 5.73. The van der Waals surface area contributed by atoms with E-state index in [0.29, 0.717) is 5.92 Å². The summed E-state index contributed by atoms with van der Waals surface area (Å²) in [5.74, 6) is 2.40. The smallest absolute Gasteiger partial charge is 0.160 e. The monoisotopic (exact) mass is 309 g/mol. The first-order valence-electron chi connectivity index (χ1n) is 7.97. The van der Waals surface area contributed by atoms with Crippen molar-refractivity contribution in [3.05, 3.63) is 42.9 Å². The van der Waals surface area contributed by atoms with Gasteiger partial charge >= 0.3 is 0 Å². The SMILES string of the molecule is c1ccc(OCC2CCCN(c3ncnc4[nH]ncc34)C2)cc1. The third-order valence-electron chi connectivity index (χ3n) is 4.27. The van der Waals surface area contributed by atoms with Crippen LogP contribution in [0.3, 0.4) is 0 Å². The Labute approximate surface area is 134 Å². The van der Waals surface area contributed by atoms with Crippen LogP contribution in [0.4, 0.5) is 5.82 Å². The Morgan fingerprint density at radius 1 is 1.22 bits per heavy atom. The molecule has 1 aliphatic heterocycles. The van der Waals surface area contributed by atoms with Crippen LogP contribution in [0.5, 0.6) is 5.75 Å². The number of benzene rings is 1. The number of H-pyrrole nitrogens is 1. The van der Waals surface area contributed by atoms with E-state index in [1.165, 1.54) is 6.42 Å². The van der Waals surface area contributed by atoms with Gasteiger partial charge in [0.2, 0.25) is 0 Å². The molecule has 1 aliphatic rings. The van der Waals surface area contributed by atoms with E-state index in [9.17, 15) is 0 Å². The van der Waals surface area contributed by atoms with Crippen LogP contribution < -0.4 is 9.64 Å². The predicted octanol–water partition coefficient (Wildman–Crippen LogP) is 2.65. The van der Waals surface area contributed by atoms with Crippen molar-refractivity contribution in [2.45, 2.75) is 12.8 Å². The van der Waals surface area contributed by atoms with Crippen molar-refractivity contribution in [1.82, 2.24) is 20.2 Å². The second kappa shape index (κ2) is 6.24. The van der Waals surface area contributed by atoms with Gasteiger partial charge in [-0.3, -0.25) is 5.10 Å². The van der Waals surface area contributed by atoms with Gasteiger partial charge in [0.1, 0.15) is 17.9 Å². The van der Waals surface area contributed by atoms with Crippen molar-refractivity contribution in [3.63, 3.8) is 0 Å². The number of ether oxygens (including phenoxy) is 1. The van der Waals surface area contributed by atoms with Crippen molar-refractivity contribution < 1.29 is 4.74 Å². The number of nitrogens with one attached hydrogen (secondary N) is 1. The van der Waals surface area contributed by atoms with Crippen LogP contribution >= 0.6 is 0 Å². The summed E-state index contributed by atoms with van der Waals surface area (Å²) < 4.78 is 5.92. The van der Waals surface area contributed by atoms with Gasteiger partial charge in [-0.1, -0.05) is 18.2 Å². The summed E-state index contributed by atoms with van der Waals surface area (Å²) in [5, 5.41) is 7.96. The van der Waals surface area contributed by atoms with Crippen molar-refractivity contribution in [2.24, 2.45) is 5.92 Å². The lowest BCUT2D eigenvalue weighted by molar-refractivity contribution is 0.228. The Balaban J connectivity index is 1.46. The highest BCUT2D eigenvalue weighted by Gasteiger charge is 2.23. The lowest BCUT2D eigenvalue weighted by Gasteiger charge is -2.33. The third-order valence-corrected chi connectivity index (χ3v) is 4.27. The summed E-state index contributed by atoms with van der Waals surface area (Å²) in [7, 11) is 0. The Bertz CT molecular complexity index is 773. The molecule has 6 nitrogen and oxygen atoms in total. The molecule has 1 N–H and O–H groups in total. The molecule has 4 rings (SSSR count). The molecule has 1 unspecified atom stereocenters. The molecule has 0 saturated carbocycles. The molecule has 6 heteroatoms. The number of anilines is 1. The van der Waals surface area contributed by atoms with E-state index in [1.54, 1.807) is 12.5 Å². The van der Waals surface area contributed by atoms with Gasteiger partial charge in [0.05, 0.1) is 18.2 Å². The maximum absolute atomic E-state index is 5.92. The molecule has 2 aromatic heterocycles. The first-order chi connectivity index (χ1) is 11.4. The minimum atomic E-state index is 0.501. The second-order valence-electron chi connectivity index (χ2n) is 5.91. The molecule has 1 atom stereocenters. The zero-order valence-corrected chi connectivity index (χ0v) is 12.9. The van der Waals surface area contributed by atoms with Crippen LogP contribution in [-0.4, -0.2) is 39.9 Å². The molecule has 1 saturated heterocycles. The molecule has 0 spiro atoms. The maximum atomic E-state index is 5.92. The fourth-order valence-electron chi connectivity index (χ4n) is 3.13. The van der Waals surface area contributed by atoms with E-state index in [0.717, 1.165) is 48.7 Å². The van der Waals surface area contributed by atoms with Gasteiger partial charge in [-0.05, 0) is 25.0 Å². The zero-order valence-electron chi connectivity index (χ0n) is 12.9. The van der Waals surface area contributed by atoms with Crippen molar-refractivity contribution >= 4 is 16.9 Å². The number of nitrogens with zero attached hydrogens (tertiary/aromatic N) is 4. The summed E-state index contributed by atoms with van der Waals surface area (Å²) in [5.41, 5.74) is 0.789. The molecule has 0 amide bonds. The molecular formula is C17H19N5O. The van der Waals surface area contributed by atoms with Gasteiger partial charge in [0.25, 0.3) is 0 Å². The first kappa shape index (κ1) is 14.0. The largest absolute Gasteiger partial charge is 0.493 e. The lowest BCUT2D eigenvalue weighted by Crippen LogP contribution is -2.38. The van der Waals surface area contributed by atoms with Crippen LogP contribution in [0.2, 0.25) is 0 Å². The van der Waals surface area contributed by atoms with Gasteiger partial charge in [-0.25, -0.2) is 9.97 Å². The van der Waals surface area contributed by atoms with Crippen molar-refractivity contribution in [2.75, 3.05) is 24.6 Å². The van der Waals surface area contributed by atoms with Crippen LogP contribution in [0, 0.1) is 5.92 Å². The van der Waals surface area contributed by atoms with Crippen molar-refractivity contribution in [1.29, 1.82) is 0 Å². The number of hydrogen-bond acceptors (Lipinski definition) is 5. The summed E-state index contributed by atoms with van der Waals surface area (Å²) in [6.45, 7) is 2.70. The van der Waals surface area contributed by atoms with E-state index >= 15 is 0 Å². The predicted molar refractivity (Wildman–Crippen MR) is 88.6 cm³/mol. The molecule has 0 bridgehead atoms. The molecule has 23 heavy (non-hydrogen) atoms. The van der Waals surface area contributed by atoms with Crippen LogP contribution in [0.15, 0.2) is 42.9 Å². The minimum absolute atomic E-state index is 0.501. The molecule has 3 heterocycles. The highest BCUT2D eigenvalue weighted by Crippen LogP contribution is 2.26. The second-order valence-corrected chi connectivity index (χ2v) is 5.91. The summed E-state index contributed by atoms with van der Waals surface area (Å²) >= 11 is 0. The summed E-state index contributed by atoms with van der Waals surface area (Å²) in [6, 6.07) is 10.00. The Morgan fingerprint density at radius 3 is 3.04 bits per heavy atom. The van der Waals surface area contributed by atoms with Gasteiger partial charge in [-0.2, -0.15) is 5.10 Å². The van der Waals surface area contributed by atoms with Crippen molar-refractivity contribution in [3.8, 4) is 5.75 Å². The number of piperidine rings is 1. The molecule has 118 valence electrons. The average molecular weight is 309 g/mol. The molecule has 1 fully saturated rings. The number of aromatic nitrogens is 4. The fraction of sp³-hybridized carbons (Fsp3) is 0.353. The number of aromatic amines is 1. The fourth-order valence-corrected chi connectivity index (χ4v) is 3.13. The first-order valence-corrected chi connectivity index (χ1v) is 7.97. The van der Waals surface area contributed by atoms with Gasteiger partial charge in [-0.15, -0.1) is 0 Å². The normalized spacial score (nSPS) is 18.3. The van der Waals surface area contributed by atoms with E-state index in [-0.39, 0.29) is 0 Å².